The first-order valence-corrected chi connectivity index (χ1v) is 12.9. The van der Waals surface area contributed by atoms with E-state index in [2.05, 4.69) is 26.6 Å². The molecule has 2 N–H and O–H groups in total. The molecule has 14 heteroatoms. The highest BCUT2D eigenvalue weighted by Crippen LogP contribution is 2.45. The number of hydrogen-bond donors (Lipinski definition) is 2. The number of aromatic nitrogens is 3. The smallest absolute Gasteiger partial charge is 0.259 e. The Bertz CT molecular complexity index is 1480. The van der Waals surface area contributed by atoms with Gasteiger partial charge in [-0.1, -0.05) is 29.8 Å². The van der Waals surface area contributed by atoms with Crippen molar-refractivity contribution in [3.8, 4) is 22.6 Å². The maximum absolute atomic E-state index is 13.4. The number of ether oxygens (including phenoxy) is 3. The summed E-state index contributed by atoms with van der Waals surface area (Å²) in [5.41, 5.74) is 0.404. The van der Waals surface area contributed by atoms with Gasteiger partial charge in [0.1, 0.15) is 17.1 Å². The number of nitrogens with zero attached hydrogens (tertiary/aromatic N) is 3. The number of halogens is 2. The fourth-order valence-electron chi connectivity index (χ4n) is 3.86. The molecule has 3 aromatic rings. The van der Waals surface area contributed by atoms with Crippen LogP contribution >= 0.6 is 23.2 Å². The van der Waals surface area contributed by atoms with Crippen LogP contribution in [-0.4, -0.2) is 62.5 Å². The third kappa shape index (κ3) is 4.87. The Morgan fingerprint density at radius 1 is 1.17 bits per heavy atom. The van der Waals surface area contributed by atoms with Gasteiger partial charge in [-0.3, -0.25) is 9.36 Å². The topological polar surface area (TPSA) is 134 Å². The van der Waals surface area contributed by atoms with E-state index < -0.39 is 27.7 Å². The highest BCUT2D eigenvalue weighted by atomic mass is 35.5. The van der Waals surface area contributed by atoms with Crippen LogP contribution in [0.15, 0.2) is 35.1 Å². The van der Waals surface area contributed by atoms with Crippen LogP contribution < -0.4 is 25.1 Å². The molecule has 1 saturated heterocycles. The fourth-order valence-corrected chi connectivity index (χ4v) is 5.31. The summed E-state index contributed by atoms with van der Waals surface area (Å²) in [5.74, 6) is 0.792. The highest BCUT2D eigenvalue weighted by molar-refractivity contribution is 7.92. The molecule has 0 spiro atoms. The van der Waals surface area contributed by atoms with Crippen molar-refractivity contribution < 1.29 is 22.6 Å². The van der Waals surface area contributed by atoms with Crippen molar-refractivity contribution in [1.29, 1.82) is 0 Å². The summed E-state index contributed by atoms with van der Waals surface area (Å²) in [6, 6.07) is 2.14. The molecular formula is C22H23Cl2N5O6S. The van der Waals surface area contributed by atoms with Gasteiger partial charge in [-0.2, -0.15) is 4.98 Å². The van der Waals surface area contributed by atoms with Gasteiger partial charge >= 0.3 is 0 Å². The fraction of sp³-hybridized carbons (Fsp3) is 0.318. The molecule has 0 saturated carbocycles. The number of aryl methyl sites for hydroxylation is 1. The number of rotatable bonds is 8. The number of anilines is 1. The summed E-state index contributed by atoms with van der Waals surface area (Å²) in [6.45, 7) is 3.70. The van der Waals surface area contributed by atoms with Crippen LogP contribution in [0.3, 0.4) is 0 Å². The Morgan fingerprint density at radius 3 is 2.42 bits per heavy atom. The van der Waals surface area contributed by atoms with Crippen LogP contribution in [0.2, 0.25) is 10.0 Å². The number of sulfonamides is 1. The summed E-state index contributed by atoms with van der Waals surface area (Å²) in [5, 5.41) is 4.76. The Balaban J connectivity index is 1.75. The van der Waals surface area contributed by atoms with E-state index in [1.54, 1.807) is 13.1 Å². The predicted octanol–water partition coefficient (Wildman–Crippen LogP) is 2.56. The number of pyridine rings is 1. The number of nitrogens with one attached hydrogen (secondary N) is 2. The molecule has 3 heterocycles. The Kier molecular flexibility index (Phi) is 7.43. The second-order valence-electron chi connectivity index (χ2n) is 7.90. The Morgan fingerprint density at radius 2 is 1.81 bits per heavy atom. The molecule has 1 aliphatic heterocycles. The molecule has 4 rings (SSSR count). The summed E-state index contributed by atoms with van der Waals surface area (Å²) < 4.78 is 43.6. The molecule has 1 aliphatic rings. The van der Waals surface area contributed by atoms with Gasteiger partial charge in [-0.15, -0.1) is 0 Å². The predicted molar refractivity (Wildman–Crippen MR) is 138 cm³/mol. The molecule has 0 aliphatic carbocycles. The zero-order chi connectivity index (χ0) is 26.2. The monoisotopic (exact) mass is 555 g/mol. The van der Waals surface area contributed by atoms with Crippen LogP contribution in [0, 0.1) is 0 Å². The molecule has 2 aromatic heterocycles. The van der Waals surface area contributed by atoms with Gasteiger partial charge in [0.2, 0.25) is 16.0 Å². The van der Waals surface area contributed by atoms with E-state index >= 15 is 0 Å². The molecule has 1 fully saturated rings. The molecule has 1 aromatic carbocycles. The van der Waals surface area contributed by atoms with Gasteiger partial charge in [0.05, 0.1) is 55.1 Å². The number of benzene rings is 1. The summed E-state index contributed by atoms with van der Waals surface area (Å²) in [6.07, 6.45) is 1.53. The Labute approximate surface area is 217 Å². The highest BCUT2D eigenvalue weighted by Gasteiger charge is 2.31. The lowest BCUT2D eigenvalue weighted by atomic mass is 10.0. The largest absolute Gasteiger partial charge is 0.495 e. The van der Waals surface area contributed by atoms with Crippen molar-refractivity contribution in [2.24, 2.45) is 7.05 Å². The van der Waals surface area contributed by atoms with Crippen LogP contribution in [0.1, 0.15) is 0 Å². The van der Waals surface area contributed by atoms with Gasteiger partial charge in [-0.05, 0) is 6.07 Å². The van der Waals surface area contributed by atoms with Crippen molar-refractivity contribution in [2.45, 2.75) is 12.1 Å². The zero-order valence-corrected chi connectivity index (χ0v) is 21.9. The SMILES string of the molecule is C=CS(=O)(=O)N[C@H]1COC[C@H]1Nc1ncc2cc(-c3c(Cl)c(OC)cc(OC)c3Cl)c(=O)n(C)c2n1. The lowest BCUT2D eigenvalue weighted by molar-refractivity contribution is 0.191. The Hall–Kier alpha value is -2.90. The van der Waals surface area contributed by atoms with E-state index in [-0.39, 0.29) is 40.3 Å². The number of methoxy groups -OCH3 is 2. The van der Waals surface area contributed by atoms with E-state index in [0.29, 0.717) is 22.5 Å². The first-order valence-electron chi connectivity index (χ1n) is 10.6. The molecule has 36 heavy (non-hydrogen) atoms. The van der Waals surface area contributed by atoms with Crippen molar-refractivity contribution >= 4 is 50.2 Å². The third-order valence-electron chi connectivity index (χ3n) is 5.72. The van der Waals surface area contributed by atoms with E-state index in [1.807, 2.05) is 0 Å². The minimum Gasteiger partial charge on any atom is -0.495 e. The first-order chi connectivity index (χ1) is 17.1. The van der Waals surface area contributed by atoms with E-state index in [4.69, 9.17) is 37.4 Å². The number of fused-ring (bicyclic) bond motifs is 1. The van der Waals surface area contributed by atoms with Gasteiger partial charge < -0.3 is 19.5 Å². The third-order valence-corrected chi connectivity index (χ3v) is 7.54. The quantitative estimate of drug-likeness (QED) is 0.430. The lowest BCUT2D eigenvalue weighted by Gasteiger charge is -2.20. The van der Waals surface area contributed by atoms with Crippen LogP contribution in [0.5, 0.6) is 11.5 Å². The van der Waals surface area contributed by atoms with Crippen molar-refractivity contribution in [3.05, 3.63) is 50.7 Å². The van der Waals surface area contributed by atoms with Crippen LogP contribution in [0.4, 0.5) is 5.95 Å². The van der Waals surface area contributed by atoms with Crippen molar-refractivity contribution in [1.82, 2.24) is 19.3 Å². The lowest BCUT2D eigenvalue weighted by Crippen LogP contribution is -2.45. The minimum absolute atomic E-state index is 0.160. The maximum Gasteiger partial charge on any atom is 0.259 e. The van der Waals surface area contributed by atoms with Crippen LogP contribution in [0.25, 0.3) is 22.2 Å². The van der Waals surface area contributed by atoms with E-state index in [1.165, 1.54) is 31.0 Å². The molecule has 0 unspecified atom stereocenters. The molecule has 0 bridgehead atoms. The second-order valence-corrected chi connectivity index (χ2v) is 10.3. The van der Waals surface area contributed by atoms with E-state index in [9.17, 15) is 13.2 Å². The minimum atomic E-state index is -3.66. The molecular weight excluding hydrogens is 533 g/mol. The first kappa shape index (κ1) is 26.2. The van der Waals surface area contributed by atoms with E-state index in [0.717, 1.165) is 5.41 Å². The average molecular weight is 556 g/mol. The summed E-state index contributed by atoms with van der Waals surface area (Å²) in [4.78, 5) is 22.2. The van der Waals surface area contributed by atoms with Gasteiger partial charge in [0, 0.05) is 35.7 Å². The normalized spacial score (nSPS) is 17.8. The summed E-state index contributed by atoms with van der Waals surface area (Å²) in [7, 11) is 0.796. The number of hydrogen-bond acceptors (Lipinski definition) is 9. The van der Waals surface area contributed by atoms with Crippen molar-refractivity contribution in [2.75, 3.05) is 32.8 Å². The zero-order valence-electron chi connectivity index (χ0n) is 19.5. The summed E-state index contributed by atoms with van der Waals surface area (Å²) >= 11 is 13.0. The van der Waals surface area contributed by atoms with Crippen LogP contribution in [-0.2, 0) is 21.8 Å². The molecule has 11 nitrogen and oxygen atoms in total. The van der Waals surface area contributed by atoms with Crippen molar-refractivity contribution in [3.63, 3.8) is 0 Å². The molecule has 0 radical (unpaired) electrons. The molecule has 192 valence electrons. The molecule has 0 amide bonds. The van der Waals surface area contributed by atoms with Gasteiger partial charge in [-0.25, -0.2) is 18.1 Å². The average Bonchev–Trinajstić information content (AvgIpc) is 3.28. The van der Waals surface area contributed by atoms with Gasteiger partial charge in [0.25, 0.3) is 5.56 Å². The standard InChI is InChI=1S/C22H23Cl2N5O6S/c1-5-36(31,32)28-14-10-35-9-13(14)26-22-25-8-11-6-12(21(30)29(2)20(11)27-22)17-18(23)15(33-3)7-16(34-4)19(17)24/h5-8,13-14,28H,1,9-10H2,2-4H3,(H,25,26,27)/t13-,14+/m1/s1. The second kappa shape index (κ2) is 10.2. The molecule has 2 atom stereocenters. The van der Waals surface area contributed by atoms with Gasteiger partial charge in [0.15, 0.2) is 0 Å². The maximum atomic E-state index is 13.4.